The number of benzene rings is 3. The molecule has 1 aliphatic heterocycles. The van der Waals surface area contributed by atoms with Crippen molar-refractivity contribution in [2.75, 3.05) is 72.2 Å². The molecule has 0 aliphatic carbocycles. The Morgan fingerprint density at radius 1 is 0.522 bits per heavy atom. The van der Waals surface area contributed by atoms with Gasteiger partial charge in [0.25, 0.3) is 11.8 Å². The zero-order valence-electron chi connectivity index (χ0n) is 67.0. The van der Waals surface area contributed by atoms with Gasteiger partial charge in [0.1, 0.15) is 66.2 Å². The number of nitrogens with one attached hydrogen (secondary N) is 14. The van der Waals surface area contributed by atoms with E-state index in [2.05, 4.69) is 81.4 Å². The largest absolute Gasteiger partial charge is 0.484 e. The van der Waals surface area contributed by atoms with Gasteiger partial charge in [-0.25, -0.2) is 0 Å². The Balaban J connectivity index is 1.69. The van der Waals surface area contributed by atoms with E-state index in [-0.39, 0.29) is 129 Å². The maximum Gasteiger partial charge on any atom is 0.257 e. The minimum Gasteiger partial charge on any atom is -0.484 e. The summed E-state index contributed by atoms with van der Waals surface area (Å²) in [5.41, 5.74) is 26.1. The number of unbranched alkanes of at least 4 members (excludes halogenated alkanes) is 5. The van der Waals surface area contributed by atoms with Crippen LogP contribution in [0.3, 0.4) is 0 Å². The second kappa shape index (κ2) is 53.8. The van der Waals surface area contributed by atoms with E-state index in [0.29, 0.717) is 29.8 Å². The van der Waals surface area contributed by atoms with Crippen LogP contribution in [0.4, 0.5) is 0 Å². The number of rotatable bonds is 44. The Kier molecular flexibility index (Phi) is 45.4. The van der Waals surface area contributed by atoms with E-state index in [9.17, 15) is 67.7 Å². The van der Waals surface area contributed by atoms with E-state index in [0.717, 1.165) is 43.2 Å². The number of ether oxygens (including phenoxy) is 2. The highest BCUT2D eigenvalue weighted by molar-refractivity contribution is 6.00. The van der Waals surface area contributed by atoms with Gasteiger partial charge in [0.2, 0.25) is 70.9 Å². The van der Waals surface area contributed by atoms with Crippen molar-refractivity contribution >= 4 is 82.7 Å². The van der Waals surface area contributed by atoms with Gasteiger partial charge >= 0.3 is 0 Å². The van der Waals surface area contributed by atoms with Gasteiger partial charge in [0.05, 0.1) is 25.4 Å². The summed E-state index contributed by atoms with van der Waals surface area (Å²) in [6.45, 7) is 8.64. The number of nitrogens with two attached hydrogens (primary N) is 4. The van der Waals surface area contributed by atoms with Crippen molar-refractivity contribution < 1.29 is 86.8 Å². The lowest BCUT2D eigenvalue weighted by molar-refractivity contribution is -0.137. The monoisotopic (exact) mass is 1610 g/mol. The molecule has 4 rings (SSSR count). The Morgan fingerprint density at radius 3 is 1.72 bits per heavy atom. The van der Waals surface area contributed by atoms with Gasteiger partial charge in [-0.15, -0.1) is 0 Å². The van der Waals surface area contributed by atoms with Crippen LogP contribution >= 0.6 is 0 Å². The average Bonchev–Trinajstić information content (AvgIpc) is 1.14. The predicted molar refractivity (Wildman–Crippen MR) is 429 cm³/mol. The highest BCUT2D eigenvalue weighted by Crippen LogP contribution is 2.24. The highest BCUT2D eigenvalue weighted by atomic mass is 16.5. The summed E-state index contributed by atoms with van der Waals surface area (Å²) in [6, 6.07) is 6.72. The molecule has 36 heteroatoms. The van der Waals surface area contributed by atoms with Crippen molar-refractivity contribution in [1.29, 1.82) is 0 Å². The van der Waals surface area contributed by atoms with Crippen LogP contribution < -0.4 is 102 Å². The van der Waals surface area contributed by atoms with Crippen molar-refractivity contribution in [3.05, 3.63) is 90.0 Å². The second-order valence-corrected chi connectivity index (χ2v) is 28.7. The summed E-state index contributed by atoms with van der Waals surface area (Å²) in [6.07, 6.45) is 0.344. The first-order chi connectivity index (χ1) is 55.1. The van der Waals surface area contributed by atoms with Crippen LogP contribution in [0.5, 0.6) is 5.75 Å². The van der Waals surface area contributed by atoms with Crippen LogP contribution in [0.2, 0.25) is 0 Å². The Bertz CT molecular complexity index is 3590. The molecule has 1 saturated heterocycles. The van der Waals surface area contributed by atoms with Crippen LogP contribution in [0, 0.1) is 5.92 Å². The van der Waals surface area contributed by atoms with E-state index >= 15 is 9.59 Å². The molecule has 638 valence electrons. The number of hydrogen-bond acceptors (Lipinski definition) is 22. The van der Waals surface area contributed by atoms with Gasteiger partial charge < -0.3 is 117 Å². The topological polar surface area (TPSA) is 570 Å². The van der Waals surface area contributed by atoms with Gasteiger partial charge in [-0.2, -0.15) is 0 Å². The summed E-state index contributed by atoms with van der Waals surface area (Å²) in [5.74, 6) is -11.3. The number of carbonyl (C=O) groups excluding carboxylic acids is 14. The minimum absolute atomic E-state index is 0.00789. The fourth-order valence-electron chi connectivity index (χ4n) is 12.2. The normalized spacial score (nSPS) is 19.5. The van der Waals surface area contributed by atoms with Crippen molar-refractivity contribution in [3.8, 4) is 16.9 Å². The highest BCUT2D eigenvalue weighted by Gasteiger charge is 2.38. The summed E-state index contributed by atoms with van der Waals surface area (Å²) in [4.78, 5) is 197. The van der Waals surface area contributed by atoms with Crippen LogP contribution in [-0.4, -0.2) is 238 Å². The lowest BCUT2D eigenvalue weighted by Gasteiger charge is -2.29. The molecule has 3 aromatic carbocycles. The van der Waals surface area contributed by atoms with E-state index in [4.69, 9.17) is 32.4 Å². The first-order valence-electron chi connectivity index (χ1n) is 39.8. The lowest BCUT2D eigenvalue weighted by atomic mass is 10.00. The van der Waals surface area contributed by atoms with Crippen LogP contribution in [0.15, 0.2) is 78.9 Å². The maximum atomic E-state index is 15.1. The molecule has 0 unspecified atom stereocenters. The summed E-state index contributed by atoms with van der Waals surface area (Å²) >= 11 is 0. The first-order valence-corrected chi connectivity index (χ1v) is 39.8. The van der Waals surface area contributed by atoms with Crippen LogP contribution in [0.1, 0.15) is 160 Å². The molecule has 1 heterocycles. The molecular formula is C79H124N18O18. The lowest BCUT2D eigenvalue weighted by Crippen LogP contribution is -2.62. The zero-order valence-corrected chi connectivity index (χ0v) is 67.0. The molecule has 0 aromatic heterocycles. The molecule has 36 nitrogen and oxygen atoms in total. The molecular weight excluding hydrogens is 1490 g/mol. The van der Waals surface area contributed by atoms with Crippen molar-refractivity contribution in [3.63, 3.8) is 0 Å². The maximum absolute atomic E-state index is 15.1. The molecule has 115 heavy (non-hydrogen) atoms. The SMILES string of the molecule is CCCCCCCCC(=O)N[C@@H](CCCN)C(=O)N[C@H](C(=O)N[C@@H](CCNC(=O)CCOCCNC(=O)c1cccc(-c2ccc(OCC(=O)NCC)cc2)c1)C(=O)N[C@H]1CCNC(=O)[C@H]([C@@H](C)O)NC(=O)[C@H](CCN)NC(=O)[C@H](CCN)NC(=O)[C@H](CC(C)C)NC(=O)[C@@H](Cc2ccccc2)NC(=O)[C@H](CCN)NC1=O)[C@@H](C)O. The number of hydrogen-bond donors (Lipinski definition) is 20. The van der Waals surface area contributed by atoms with Crippen molar-refractivity contribution in [2.45, 2.75) is 223 Å². The quantitative estimate of drug-likeness (QED) is 0.0260. The van der Waals surface area contributed by atoms with E-state index < -0.39 is 169 Å². The van der Waals surface area contributed by atoms with E-state index in [1.807, 2.05) is 6.07 Å². The standard InChI is InChI=1S/C79H124N18O18/c1-7-9-10-11-12-16-24-65(101)88-56(23-18-35-80)74(108)97-68(50(6)99)79(113)93-61(32-39-85-64(100)34-42-114-43-41-87-69(103)54-22-17-21-53(46-54)52-25-27-55(28-26-52)115-47-66(102)84-8-2)73(107)92-60-33-40-86-78(112)67(49(5)98)96-75(109)59(31-38-83)90-70(104)57(29-36-81)91-76(110)62(44-48(3)4)94-77(111)63(45-51-19-14-13-15-20-51)95-71(105)58(30-37-82)89-72(60)106/h13-15,17,19-22,25-28,46,48-50,56-63,67-68,98-99H,7-12,16,18,23-24,29-45,47,80-83H2,1-6H3,(H,84,102)(H,85,100)(H,86,112)(H,87,103)(H,88,101)(H,89,106)(H,90,104)(H,91,110)(H,92,107)(H,93,113)(H,94,111)(H,95,105)(H,96,109)(H,97,108)/t49-,50-,56+,57+,58+,59+,60+,61+,62+,63-,67+,68+/m1/s1. The molecule has 14 amide bonds. The first kappa shape index (κ1) is 97.1. The third kappa shape index (κ3) is 36.4. The van der Waals surface area contributed by atoms with Crippen LogP contribution in [-0.2, 0) is 73.5 Å². The van der Waals surface area contributed by atoms with Gasteiger partial charge in [-0.05, 0) is 152 Å². The third-order valence-electron chi connectivity index (χ3n) is 18.6. The Labute approximate surface area is 672 Å². The summed E-state index contributed by atoms with van der Waals surface area (Å²) in [5, 5.41) is 58.7. The number of aliphatic hydroxyl groups is 2. The molecule has 0 bridgehead atoms. The molecule has 1 fully saturated rings. The third-order valence-corrected chi connectivity index (χ3v) is 18.6. The van der Waals surface area contributed by atoms with Gasteiger partial charge in [0.15, 0.2) is 6.61 Å². The fraction of sp³-hybridized carbons (Fsp3) is 0.595. The van der Waals surface area contributed by atoms with Gasteiger partial charge in [-0.3, -0.25) is 67.1 Å². The number of likely N-dealkylation sites (N-methyl/N-ethyl adjacent to an activating group) is 1. The second-order valence-electron chi connectivity index (χ2n) is 28.7. The number of aliphatic hydroxyl groups excluding tert-OH is 2. The molecule has 3 aromatic rings. The molecule has 0 saturated carbocycles. The van der Waals surface area contributed by atoms with Gasteiger partial charge in [0, 0.05) is 51.0 Å². The predicted octanol–water partition coefficient (Wildman–Crippen LogP) is -2.53. The fourth-order valence-corrected chi connectivity index (χ4v) is 12.2. The molecule has 0 spiro atoms. The molecule has 24 N–H and O–H groups in total. The molecule has 1 aliphatic rings. The van der Waals surface area contributed by atoms with Crippen molar-refractivity contribution in [1.82, 2.24) is 74.4 Å². The minimum atomic E-state index is -1.82. The molecule has 12 atom stereocenters. The Morgan fingerprint density at radius 2 is 1.11 bits per heavy atom. The van der Waals surface area contributed by atoms with E-state index in [1.54, 1.807) is 93.6 Å². The van der Waals surface area contributed by atoms with E-state index in [1.165, 1.54) is 13.8 Å². The Hall–Kier alpha value is -10.2. The van der Waals surface area contributed by atoms with Crippen LogP contribution in [0.25, 0.3) is 11.1 Å². The molecule has 0 radical (unpaired) electrons. The number of carbonyl (C=O) groups is 14. The summed E-state index contributed by atoms with van der Waals surface area (Å²) < 4.78 is 11.2. The van der Waals surface area contributed by atoms with Gasteiger partial charge in [-0.1, -0.05) is 107 Å². The van der Waals surface area contributed by atoms with Crippen molar-refractivity contribution in [2.24, 2.45) is 28.9 Å². The zero-order chi connectivity index (χ0) is 84.8. The average molecular weight is 1610 g/mol. The smallest absolute Gasteiger partial charge is 0.257 e. The summed E-state index contributed by atoms with van der Waals surface area (Å²) in [7, 11) is 0. The number of amides is 14.